The van der Waals surface area contributed by atoms with Crippen molar-refractivity contribution in [1.82, 2.24) is 5.32 Å². The second-order valence-electron chi connectivity index (χ2n) is 19.3. The number of unbranched alkanes of at least 4 members (excludes halogenated alkanes) is 20. The Balaban J connectivity index is 2.73. The van der Waals surface area contributed by atoms with Crippen molar-refractivity contribution in [3.05, 3.63) is 85.1 Å². The third-order valence-corrected chi connectivity index (χ3v) is 12.8. The van der Waals surface area contributed by atoms with E-state index in [9.17, 15) is 35.1 Å². The Kier molecular flexibility index (Phi) is 44.4. The van der Waals surface area contributed by atoms with E-state index in [2.05, 4.69) is 99.0 Å². The van der Waals surface area contributed by atoms with E-state index < -0.39 is 67.4 Å². The van der Waals surface area contributed by atoms with E-state index in [0.717, 1.165) is 122 Å². The third kappa shape index (κ3) is 36.4. The van der Waals surface area contributed by atoms with Crippen molar-refractivity contribution < 1.29 is 49.3 Å². The van der Waals surface area contributed by atoms with Crippen molar-refractivity contribution in [2.45, 2.75) is 269 Å². The summed E-state index contributed by atoms with van der Waals surface area (Å²) in [5.74, 6) is -1.23. The molecule has 0 aromatic carbocycles. The van der Waals surface area contributed by atoms with Gasteiger partial charge in [0.1, 0.15) is 24.4 Å². The van der Waals surface area contributed by atoms with E-state index in [-0.39, 0.29) is 19.4 Å². The molecule has 8 atom stereocenters. The second-order valence-corrected chi connectivity index (χ2v) is 19.3. The fraction of sp³-hybridized carbons (Fsp3) is 0.733. The van der Waals surface area contributed by atoms with Crippen molar-refractivity contribution in [1.29, 1.82) is 0 Å². The summed E-state index contributed by atoms with van der Waals surface area (Å²) in [6.07, 6.45) is 50.6. The van der Waals surface area contributed by atoms with Crippen LogP contribution >= 0.6 is 0 Å². The molecule has 1 fully saturated rings. The van der Waals surface area contributed by atoms with Crippen LogP contribution in [0.4, 0.5) is 0 Å². The number of rotatable bonds is 46. The topological polar surface area (TPSA) is 175 Å². The van der Waals surface area contributed by atoms with Crippen LogP contribution < -0.4 is 5.32 Å². The van der Waals surface area contributed by atoms with Gasteiger partial charge in [-0.25, -0.2) is 0 Å². The number of allylic oxidation sites excluding steroid dienone is 13. The van der Waals surface area contributed by atoms with E-state index >= 15 is 0 Å². The lowest BCUT2D eigenvalue weighted by molar-refractivity contribution is -0.305. The minimum Gasteiger partial charge on any atom is -0.454 e. The molecule has 71 heavy (non-hydrogen) atoms. The van der Waals surface area contributed by atoms with Gasteiger partial charge in [-0.2, -0.15) is 0 Å². The zero-order valence-electron chi connectivity index (χ0n) is 44.8. The molecular weight excluding hydrogens is 895 g/mol. The quantitative estimate of drug-likeness (QED) is 0.0196. The minimum absolute atomic E-state index is 0.107. The first kappa shape index (κ1) is 65.9. The summed E-state index contributed by atoms with van der Waals surface area (Å²) in [7, 11) is 0. The van der Waals surface area contributed by atoms with Crippen molar-refractivity contribution in [2.24, 2.45) is 0 Å². The minimum atomic E-state index is -1.62. The third-order valence-electron chi connectivity index (χ3n) is 12.8. The summed E-state index contributed by atoms with van der Waals surface area (Å²) in [4.78, 5) is 26.4. The molecule has 8 unspecified atom stereocenters. The Labute approximate surface area is 432 Å². The Morgan fingerprint density at radius 3 is 1.58 bits per heavy atom. The molecule has 1 aliphatic rings. The molecule has 1 rings (SSSR count). The highest BCUT2D eigenvalue weighted by molar-refractivity contribution is 5.80. The maximum atomic E-state index is 13.4. The Morgan fingerprint density at radius 1 is 0.563 bits per heavy atom. The second kappa shape index (κ2) is 47.8. The van der Waals surface area contributed by atoms with Gasteiger partial charge in [-0.15, -0.1) is 0 Å². The van der Waals surface area contributed by atoms with Crippen LogP contribution in [0, 0.1) is 0 Å². The molecule has 1 saturated heterocycles. The van der Waals surface area contributed by atoms with Gasteiger partial charge in [0.05, 0.1) is 25.4 Å². The highest BCUT2D eigenvalue weighted by atomic mass is 16.7. The highest BCUT2D eigenvalue weighted by Gasteiger charge is 2.47. The molecule has 0 aromatic heterocycles. The average molecular weight is 998 g/mol. The van der Waals surface area contributed by atoms with Gasteiger partial charge < -0.3 is 45.1 Å². The first-order valence-corrected chi connectivity index (χ1v) is 28.4. The van der Waals surface area contributed by atoms with Crippen molar-refractivity contribution in [3.63, 3.8) is 0 Å². The number of carbonyl (C=O) groups is 2. The summed E-state index contributed by atoms with van der Waals surface area (Å²) in [5.41, 5.74) is 0. The first-order chi connectivity index (χ1) is 34.7. The number of nitrogens with one attached hydrogen (secondary N) is 1. The molecule has 0 aliphatic carbocycles. The largest absolute Gasteiger partial charge is 0.454 e. The number of aliphatic hydroxyl groups is 5. The summed E-state index contributed by atoms with van der Waals surface area (Å²) in [6.45, 7) is 5.58. The Bertz CT molecular complexity index is 1470. The lowest BCUT2D eigenvalue weighted by Crippen LogP contribution is -2.61. The molecule has 0 bridgehead atoms. The smallest absolute Gasteiger partial charge is 0.306 e. The Morgan fingerprint density at radius 2 is 1.03 bits per heavy atom. The number of hydrogen-bond donors (Lipinski definition) is 6. The molecule has 408 valence electrons. The molecule has 11 heteroatoms. The number of esters is 1. The normalized spacial score (nSPS) is 20.3. The maximum Gasteiger partial charge on any atom is 0.306 e. The maximum absolute atomic E-state index is 13.4. The van der Waals surface area contributed by atoms with Crippen LogP contribution in [-0.4, -0.2) is 99.6 Å². The first-order valence-electron chi connectivity index (χ1n) is 28.4. The van der Waals surface area contributed by atoms with Gasteiger partial charge in [0, 0.05) is 6.42 Å². The molecule has 0 aromatic rings. The van der Waals surface area contributed by atoms with Gasteiger partial charge in [0.25, 0.3) is 0 Å². The van der Waals surface area contributed by atoms with Crippen LogP contribution in [0.15, 0.2) is 85.1 Å². The van der Waals surface area contributed by atoms with Crippen LogP contribution in [0.3, 0.4) is 0 Å². The number of hydrogen-bond acceptors (Lipinski definition) is 10. The SMILES string of the molecule is CC/C=C\C/C=C\C/C=C\C/C=C\C/C=C\CCCCCCC(O)C(=O)NC(COC1OC(CO)C(O)C(O)C1OC(=O)CCCCCCC/C=C\CCCC)C(O)/C=C/CCCCCCCCCCC. The van der Waals surface area contributed by atoms with E-state index in [1.54, 1.807) is 6.08 Å². The van der Waals surface area contributed by atoms with Gasteiger partial charge in [0.2, 0.25) is 5.91 Å². The Hall–Kier alpha value is -3.16. The predicted octanol–water partition coefficient (Wildman–Crippen LogP) is 12.6. The summed E-state index contributed by atoms with van der Waals surface area (Å²) < 4.78 is 17.5. The van der Waals surface area contributed by atoms with Crippen LogP contribution in [0.5, 0.6) is 0 Å². The molecule has 1 heterocycles. The van der Waals surface area contributed by atoms with Gasteiger partial charge >= 0.3 is 5.97 Å². The fourth-order valence-corrected chi connectivity index (χ4v) is 8.24. The number of carbonyl (C=O) groups excluding carboxylic acids is 2. The van der Waals surface area contributed by atoms with E-state index in [4.69, 9.17) is 14.2 Å². The highest BCUT2D eigenvalue weighted by Crippen LogP contribution is 2.26. The lowest BCUT2D eigenvalue weighted by Gasteiger charge is -2.41. The summed E-state index contributed by atoms with van der Waals surface area (Å²) in [5, 5.41) is 56.7. The van der Waals surface area contributed by atoms with Gasteiger partial charge in [0.15, 0.2) is 12.4 Å². The molecule has 1 aliphatic heterocycles. The number of ether oxygens (including phenoxy) is 3. The van der Waals surface area contributed by atoms with Crippen molar-refractivity contribution in [2.75, 3.05) is 13.2 Å². The van der Waals surface area contributed by atoms with E-state index in [1.807, 2.05) is 6.08 Å². The zero-order chi connectivity index (χ0) is 51.8. The average Bonchev–Trinajstić information content (AvgIpc) is 3.37. The van der Waals surface area contributed by atoms with E-state index in [1.165, 1.54) is 51.4 Å². The van der Waals surface area contributed by atoms with Crippen LogP contribution in [-0.2, 0) is 23.8 Å². The standard InChI is InChI=1S/C60H103NO10/c1-4-7-10-13-16-19-22-23-24-25-26-27-28-29-30-33-35-38-41-44-47-53(64)59(68)61-51(52(63)46-43-40-37-34-31-20-17-14-11-8-5-2)50-69-60-58(57(67)56(66)54(49-62)70-60)71-55(65)48-45-42-39-36-32-21-18-15-12-9-6-3/h7,10,15-16,18-19,23-24,26-27,29-30,43,46,51-54,56-58,60,62-64,66-67H,4-6,8-9,11-14,17,20-22,25,28,31-42,44-45,47-50H2,1-3H3,(H,61,68)/b10-7-,18-15-,19-16-,24-23-,27-26-,30-29-,46-43+. The molecular formula is C60H103NO10. The zero-order valence-corrected chi connectivity index (χ0v) is 44.8. The van der Waals surface area contributed by atoms with Crippen molar-refractivity contribution >= 4 is 11.9 Å². The molecule has 0 spiro atoms. The lowest BCUT2D eigenvalue weighted by atomic mass is 9.99. The summed E-state index contributed by atoms with van der Waals surface area (Å²) >= 11 is 0. The summed E-state index contributed by atoms with van der Waals surface area (Å²) in [6, 6.07) is -1.04. The van der Waals surface area contributed by atoms with Gasteiger partial charge in [-0.3, -0.25) is 9.59 Å². The predicted molar refractivity (Wildman–Crippen MR) is 292 cm³/mol. The van der Waals surface area contributed by atoms with Crippen molar-refractivity contribution in [3.8, 4) is 0 Å². The molecule has 6 N–H and O–H groups in total. The fourth-order valence-electron chi connectivity index (χ4n) is 8.24. The number of amides is 1. The van der Waals surface area contributed by atoms with Crippen LogP contribution in [0.2, 0.25) is 0 Å². The van der Waals surface area contributed by atoms with Crippen LogP contribution in [0.1, 0.15) is 220 Å². The number of aliphatic hydroxyl groups excluding tert-OH is 5. The molecule has 0 saturated carbocycles. The van der Waals surface area contributed by atoms with Gasteiger partial charge in [-0.1, -0.05) is 209 Å². The monoisotopic (exact) mass is 998 g/mol. The van der Waals surface area contributed by atoms with E-state index in [0.29, 0.717) is 12.8 Å². The molecule has 1 amide bonds. The van der Waals surface area contributed by atoms with Gasteiger partial charge in [-0.05, 0) is 89.9 Å². The molecule has 0 radical (unpaired) electrons. The van der Waals surface area contributed by atoms with Crippen LogP contribution in [0.25, 0.3) is 0 Å². The molecule has 11 nitrogen and oxygen atoms in total.